The number of nitrogens with zero attached hydrogens (tertiary/aromatic N) is 1. The number of ketones is 1. The number of ether oxygens (including phenoxy) is 2. The van der Waals surface area contributed by atoms with Gasteiger partial charge in [0, 0.05) is 10.5 Å². The molecule has 5 rings (SSSR count). The Morgan fingerprint density at radius 1 is 0.824 bits per heavy atom. The fourth-order valence-corrected chi connectivity index (χ4v) is 4.06. The van der Waals surface area contributed by atoms with Gasteiger partial charge in [-0.25, -0.2) is 9.69 Å². The Bertz CT molecular complexity index is 1360. The molecule has 0 radical (unpaired) electrons. The van der Waals surface area contributed by atoms with Gasteiger partial charge in [0.25, 0.3) is 0 Å². The molecular weight excluding hydrogens is 494 g/mol. The zero-order chi connectivity index (χ0) is 23.5. The van der Waals surface area contributed by atoms with Crippen LogP contribution in [0.5, 0.6) is 11.5 Å². The molecule has 0 spiro atoms. The number of carbonyl (C=O) groups is 2. The largest absolute Gasteiger partial charge is 0.452 e. The van der Waals surface area contributed by atoms with Crippen molar-refractivity contribution >= 4 is 45.3 Å². The highest BCUT2D eigenvalue weighted by molar-refractivity contribution is 9.10. The number of fused-ring (bicyclic) bond motifs is 1. The average Bonchev–Trinajstić information content (AvgIpc) is 3.15. The van der Waals surface area contributed by atoms with Crippen LogP contribution >= 0.6 is 15.9 Å². The number of anilines is 2. The van der Waals surface area contributed by atoms with Crippen LogP contribution in [0.3, 0.4) is 0 Å². The van der Waals surface area contributed by atoms with E-state index in [1.54, 1.807) is 24.3 Å². The summed E-state index contributed by atoms with van der Waals surface area (Å²) in [7, 11) is 0. The summed E-state index contributed by atoms with van der Waals surface area (Å²) in [6, 6.07) is 30.8. The summed E-state index contributed by atoms with van der Waals surface area (Å²) in [4.78, 5) is 27.5. The first-order chi connectivity index (χ1) is 16.6. The number of allylic oxidation sites excluding steroid dienone is 1. The van der Waals surface area contributed by atoms with Crippen LogP contribution in [-0.2, 0) is 0 Å². The molecule has 5 nitrogen and oxygen atoms in total. The van der Waals surface area contributed by atoms with Crippen LogP contribution in [0.15, 0.2) is 113 Å². The molecule has 0 aliphatic carbocycles. The third-order valence-corrected chi connectivity index (χ3v) is 5.70. The van der Waals surface area contributed by atoms with Crippen LogP contribution in [0.4, 0.5) is 16.2 Å². The van der Waals surface area contributed by atoms with E-state index in [1.807, 2.05) is 84.9 Å². The summed E-state index contributed by atoms with van der Waals surface area (Å²) >= 11 is 3.43. The van der Waals surface area contributed by atoms with Crippen molar-refractivity contribution in [3.8, 4) is 11.5 Å². The van der Waals surface area contributed by atoms with Crippen molar-refractivity contribution in [2.75, 3.05) is 4.90 Å². The van der Waals surface area contributed by atoms with Gasteiger partial charge in [-0.1, -0.05) is 64.5 Å². The molecule has 4 aromatic carbocycles. The maximum Gasteiger partial charge on any atom is 0.424 e. The van der Waals surface area contributed by atoms with Crippen molar-refractivity contribution in [3.63, 3.8) is 0 Å². The molecule has 1 aliphatic rings. The number of benzene rings is 4. The highest BCUT2D eigenvalue weighted by Gasteiger charge is 2.28. The number of hydrogen-bond donors (Lipinski definition) is 0. The van der Waals surface area contributed by atoms with E-state index in [0.717, 1.165) is 10.0 Å². The number of rotatable bonds is 4. The number of Topliss-reactive ketones (excluding diaryl/α,β-unsaturated/α-hetero) is 1. The number of para-hydroxylation sites is 2. The maximum absolute atomic E-state index is 13.2. The second kappa shape index (κ2) is 9.37. The van der Waals surface area contributed by atoms with Crippen LogP contribution in [0.2, 0.25) is 0 Å². The van der Waals surface area contributed by atoms with Crippen LogP contribution < -0.4 is 14.4 Å². The van der Waals surface area contributed by atoms with E-state index in [1.165, 1.54) is 4.90 Å². The lowest BCUT2D eigenvalue weighted by Gasteiger charge is -2.22. The molecule has 1 aliphatic heterocycles. The summed E-state index contributed by atoms with van der Waals surface area (Å²) in [5.74, 6) is 0.620. The normalized spacial score (nSPS) is 13.3. The lowest BCUT2D eigenvalue weighted by molar-refractivity contribution is 0.101. The predicted octanol–water partition coefficient (Wildman–Crippen LogP) is 7.40. The summed E-state index contributed by atoms with van der Waals surface area (Å²) < 4.78 is 12.4. The Kier molecular flexibility index (Phi) is 5.97. The zero-order valence-electron chi connectivity index (χ0n) is 17.9. The molecule has 4 aromatic rings. The molecule has 0 unspecified atom stereocenters. The highest BCUT2D eigenvalue weighted by atomic mass is 79.9. The first-order valence-electron chi connectivity index (χ1n) is 10.5. The summed E-state index contributed by atoms with van der Waals surface area (Å²) in [6.07, 6.45) is 1.11. The van der Waals surface area contributed by atoms with Crippen molar-refractivity contribution in [3.05, 3.63) is 124 Å². The first-order valence-corrected chi connectivity index (χ1v) is 11.3. The minimum Gasteiger partial charge on any atom is -0.452 e. The number of amides is 1. The molecule has 34 heavy (non-hydrogen) atoms. The van der Waals surface area contributed by atoms with Gasteiger partial charge in [0.15, 0.2) is 5.76 Å². The van der Waals surface area contributed by atoms with Crippen molar-refractivity contribution in [2.24, 2.45) is 0 Å². The van der Waals surface area contributed by atoms with Gasteiger partial charge in [0.1, 0.15) is 11.5 Å². The molecule has 166 valence electrons. The second-order valence-corrected chi connectivity index (χ2v) is 8.44. The molecular formula is C28H18BrNO4. The summed E-state index contributed by atoms with van der Waals surface area (Å²) in [5, 5.41) is 0. The van der Waals surface area contributed by atoms with Crippen molar-refractivity contribution in [2.45, 2.75) is 0 Å². The Labute approximate surface area is 205 Å². The topological polar surface area (TPSA) is 55.8 Å². The fraction of sp³-hybridized carbons (Fsp3) is 0. The van der Waals surface area contributed by atoms with E-state index in [0.29, 0.717) is 22.7 Å². The van der Waals surface area contributed by atoms with Gasteiger partial charge < -0.3 is 9.47 Å². The fourth-order valence-electron chi connectivity index (χ4n) is 3.64. The molecule has 0 aromatic heterocycles. The maximum atomic E-state index is 13.2. The van der Waals surface area contributed by atoms with Crippen LogP contribution in [0, 0.1) is 0 Å². The van der Waals surface area contributed by atoms with Crippen LogP contribution in [0.1, 0.15) is 15.9 Å². The SMILES string of the molecule is O=C1/C(=C/c2cccc(Br)c2)Oc2cc(OC(=O)N(c3ccccc3)c3ccccc3)ccc21. The third-order valence-electron chi connectivity index (χ3n) is 5.20. The van der Waals surface area contributed by atoms with E-state index < -0.39 is 6.09 Å². The van der Waals surface area contributed by atoms with Crippen molar-refractivity contribution in [1.82, 2.24) is 0 Å². The van der Waals surface area contributed by atoms with E-state index in [2.05, 4.69) is 15.9 Å². The predicted molar refractivity (Wildman–Crippen MR) is 135 cm³/mol. The van der Waals surface area contributed by atoms with Crippen LogP contribution in [0.25, 0.3) is 6.08 Å². The van der Waals surface area contributed by atoms with Crippen LogP contribution in [-0.4, -0.2) is 11.9 Å². The Morgan fingerprint density at radius 3 is 2.15 bits per heavy atom. The van der Waals surface area contributed by atoms with E-state index in [4.69, 9.17) is 9.47 Å². The lowest BCUT2D eigenvalue weighted by atomic mass is 10.1. The van der Waals surface area contributed by atoms with Crippen molar-refractivity contribution in [1.29, 1.82) is 0 Å². The monoisotopic (exact) mass is 511 g/mol. The standard InChI is InChI=1S/C28H18BrNO4/c29-20-9-7-8-19(16-20)17-26-27(31)24-15-14-23(18-25(24)34-26)33-28(32)30(21-10-3-1-4-11-21)22-12-5-2-6-13-22/h1-18H/b26-17-. The van der Waals surface area contributed by atoms with E-state index in [9.17, 15) is 9.59 Å². The molecule has 0 bridgehead atoms. The number of carbonyl (C=O) groups excluding carboxylic acids is 2. The molecule has 0 saturated carbocycles. The highest BCUT2D eigenvalue weighted by Crippen LogP contribution is 2.36. The van der Waals surface area contributed by atoms with Gasteiger partial charge in [-0.3, -0.25) is 4.79 Å². The number of halogens is 1. The van der Waals surface area contributed by atoms with Gasteiger partial charge in [0.2, 0.25) is 5.78 Å². The Hall–Kier alpha value is -4.16. The average molecular weight is 512 g/mol. The molecule has 0 atom stereocenters. The number of hydrogen-bond acceptors (Lipinski definition) is 4. The molecule has 6 heteroatoms. The van der Waals surface area contributed by atoms with Gasteiger partial charge >= 0.3 is 6.09 Å². The molecule has 0 saturated heterocycles. The minimum absolute atomic E-state index is 0.215. The quantitative estimate of drug-likeness (QED) is 0.268. The van der Waals surface area contributed by atoms with Gasteiger partial charge in [0.05, 0.1) is 16.9 Å². The summed E-state index contributed by atoms with van der Waals surface area (Å²) in [5.41, 5.74) is 2.60. The lowest BCUT2D eigenvalue weighted by Crippen LogP contribution is -2.29. The molecule has 1 heterocycles. The van der Waals surface area contributed by atoms with Crippen molar-refractivity contribution < 1.29 is 19.1 Å². The van der Waals surface area contributed by atoms with Gasteiger partial charge in [-0.05, 0) is 60.2 Å². The molecule has 0 fully saturated rings. The van der Waals surface area contributed by atoms with E-state index in [-0.39, 0.29) is 17.3 Å². The Balaban J connectivity index is 1.40. The zero-order valence-corrected chi connectivity index (χ0v) is 19.4. The molecule has 1 amide bonds. The Morgan fingerprint density at radius 2 is 1.50 bits per heavy atom. The minimum atomic E-state index is -0.577. The smallest absolute Gasteiger partial charge is 0.424 e. The third kappa shape index (κ3) is 4.49. The van der Waals surface area contributed by atoms with E-state index >= 15 is 0 Å². The van der Waals surface area contributed by atoms with Gasteiger partial charge in [-0.2, -0.15) is 0 Å². The van der Waals surface area contributed by atoms with Gasteiger partial charge in [-0.15, -0.1) is 0 Å². The second-order valence-electron chi connectivity index (χ2n) is 7.53. The first kappa shape index (κ1) is 21.7. The summed E-state index contributed by atoms with van der Waals surface area (Å²) in [6.45, 7) is 0. The molecule has 0 N–H and O–H groups in total.